The van der Waals surface area contributed by atoms with Gasteiger partial charge >= 0.3 is 5.97 Å². The second-order valence-electron chi connectivity index (χ2n) is 4.84. The van der Waals surface area contributed by atoms with Crippen molar-refractivity contribution < 1.29 is 14.7 Å². The van der Waals surface area contributed by atoms with E-state index in [0.717, 1.165) is 11.1 Å². The van der Waals surface area contributed by atoms with Crippen molar-refractivity contribution in [2.75, 3.05) is 5.75 Å². The van der Waals surface area contributed by atoms with Gasteiger partial charge in [-0.15, -0.1) is 5.10 Å². The van der Waals surface area contributed by atoms with Gasteiger partial charge in [0.05, 0.1) is 23.2 Å². The fourth-order valence-electron chi connectivity index (χ4n) is 1.99. The molecule has 0 bridgehead atoms. The van der Waals surface area contributed by atoms with Crippen molar-refractivity contribution in [1.82, 2.24) is 10.3 Å². The monoisotopic (exact) mass is 340 g/mol. The first kappa shape index (κ1) is 15.9. The molecule has 2 aromatic rings. The molecule has 8 heteroatoms. The first-order valence-corrected chi connectivity index (χ1v) is 7.94. The summed E-state index contributed by atoms with van der Waals surface area (Å²) in [7, 11) is 0. The van der Waals surface area contributed by atoms with Gasteiger partial charge in [0.15, 0.2) is 5.17 Å². The summed E-state index contributed by atoms with van der Waals surface area (Å²) < 4.78 is 0. The zero-order valence-corrected chi connectivity index (χ0v) is 13.2. The molecule has 7 nitrogen and oxygen atoms in total. The fourth-order valence-corrected chi connectivity index (χ4v) is 2.62. The molecule has 1 aliphatic heterocycles. The number of carbonyl (C=O) groups excluding carboxylic acids is 1. The summed E-state index contributed by atoms with van der Waals surface area (Å²) in [4.78, 5) is 26.2. The molecule has 0 saturated carbocycles. The maximum absolute atomic E-state index is 11.0. The molecule has 3 rings (SSSR count). The van der Waals surface area contributed by atoms with Gasteiger partial charge in [0.2, 0.25) is 5.91 Å². The zero-order valence-electron chi connectivity index (χ0n) is 12.3. The van der Waals surface area contributed by atoms with Gasteiger partial charge in [0, 0.05) is 11.8 Å². The van der Waals surface area contributed by atoms with Crippen LogP contribution in [0.15, 0.2) is 52.8 Å². The molecule has 0 spiro atoms. The normalized spacial score (nSPS) is 15.8. The maximum Gasteiger partial charge on any atom is 0.335 e. The number of nitrogens with one attached hydrogen (secondary N) is 1. The van der Waals surface area contributed by atoms with Crippen LogP contribution < -0.4 is 5.32 Å². The molecule has 0 aliphatic carbocycles. The predicted octanol–water partition coefficient (Wildman–Crippen LogP) is 2.00. The zero-order chi connectivity index (χ0) is 16.9. The Balaban J connectivity index is 1.72. The quantitative estimate of drug-likeness (QED) is 0.654. The van der Waals surface area contributed by atoms with Crippen LogP contribution in [0, 0.1) is 0 Å². The van der Waals surface area contributed by atoms with E-state index >= 15 is 0 Å². The second kappa shape index (κ2) is 7.05. The van der Waals surface area contributed by atoms with Crippen LogP contribution >= 0.6 is 11.8 Å². The summed E-state index contributed by atoms with van der Waals surface area (Å²) in [5.41, 5.74) is 2.41. The first-order chi connectivity index (χ1) is 11.6. The summed E-state index contributed by atoms with van der Waals surface area (Å²) in [6.07, 6.45) is 3.04. The number of aromatic nitrogens is 1. The third kappa shape index (κ3) is 3.85. The molecule has 1 aromatic carbocycles. The van der Waals surface area contributed by atoms with E-state index in [0.29, 0.717) is 16.6 Å². The lowest BCUT2D eigenvalue weighted by molar-refractivity contribution is -0.116. The van der Waals surface area contributed by atoms with Crippen molar-refractivity contribution in [3.8, 4) is 11.3 Å². The number of nitrogens with zero attached hydrogens (tertiary/aromatic N) is 3. The molecule has 1 saturated heterocycles. The first-order valence-electron chi connectivity index (χ1n) is 6.95. The van der Waals surface area contributed by atoms with Crippen molar-refractivity contribution in [3.05, 3.63) is 53.7 Å². The Bertz CT molecular complexity index is 847. The van der Waals surface area contributed by atoms with Gasteiger partial charge in [-0.1, -0.05) is 36.0 Å². The topological polar surface area (TPSA) is 104 Å². The minimum Gasteiger partial charge on any atom is -0.478 e. The number of carboxylic acids is 1. The van der Waals surface area contributed by atoms with Crippen molar-refractivity contribution in [2.45, 2.75) is 0 Å². The number of hydrogen-bond acceptors (Lipinski definition) is 6. The molecular weight excluding hydrogens is 328 g/mol. The number of carbonyl (C=O) groups is 2. The Hall–Kier alpha value is -3.00. The molecule has 1 aromatic heterocycles. The highest BCUT2D eigenvalue weighted by Crippen LogP contribution is 2.18. The van der Waals surface area contributed by atoms with Gasteiger partial charge in [-0.3, -0.25) is 9.78 Å². The summed E-state index contributed by atoms with van der Waals surface area (Å²) >= 11 is 1.31. The molecule has 1 fully saturated rings. The van der Waals surface area contributed by atoms with Crippen molar-refractivity contribution in [3.63, 3.8) is 0 Å². The Kier molecular flexibility index (Phi) is 4.66. The van der Waals surface area contributed by atoms with Crippen molar-refractivity contribution in [2.24, 2.45) is 10.2 Å². The van der Waals surface area contributed by atoms with Crippen molar-refractivity contribution in [1.29, 1.82) is 0 Å². The minimum absolute atomic E-state index is 0.0746. The molecule has 1 aliphatic rings. The average Bonchev–Trinajstić information content (AvgIpc) is 3.01. The summed E-state index contributed by atoms with van der Waals surface area (Å²) in [5.74, 6) is -0.696. The number of thioether (sulfide) groups is 1. The minimum atomic E-state index is -0.988. The third-order valence-electron chi connectivity index (χ3n) is 3.16. The Morgan fingerprint density at radius 3 is 2.75 bits per heavy atom. The van der Waals surface area contributed by atoms with E-state index in [2.05, 4.69) is 20.5 Å². The SMILES string of the molecule is O=C1CSC(=NN=Cc2ccc(-c3cc(C(=O)O)ccn3)cc2)N1. The van der Waals surface area contributed by atoms with Gasteiger partial charge in [-0.05, 0) is 17.7 Å². The van der Waals surface area contributed by atoms with E-state index in [1.165, 1.54) is 30.1 Å². The Labute approximate surface area is 141 Å². The summed E-state index contributed by atoms with van der Waals surface area (Å²) in [6.45, 7) is 0. The number of benzene rings is 1. The van der Waals surface area contributed by atoms with Gasteiger partial charge in [0.1, 0.15) is 0 Å². The summed E-state index contributed by atoms with van der Waals surface area (Å²) in [5, 5.41) is 19.9. The van der Waals surface area contributed by atoms with Crippen LogP contribution in [0.4, 0.5) is 0 Å². The molecular formula is C16H12N4O3S. The van der Waals surface area contributed by atoms with Crippen LogP contribution in [0.1, 0.15) is 15.9 Å². The van der Waals surface area contributed by atoms with Gasteiger partial charge < -0.3 is 10.4 Å². The van der Waals surface area contributed by atoms with Gasteiger partial charge in [-0.2, -0.15) is 5.10 Å². The maximum atomic E-state index is 11.0. The van der Waals surface area contributed by atoms with Gasteiger partial charge in [-0.25, -0.2) is 4.79 Å². The van der Waals surface area contributed by atoms with Crippen LogP contribution in [0.3, 0.4) is 0 Å². The highest BCUT2D eigenvalue weighted by atomic mass is 32.2. The lowest BCUT2D eigenvalue weighted by Crippen LogP contribution is -2.19. The molecule has 0 radical (unpaired) electrons. The van der Waals surface area contributed by atoms with Crippen molar-refractivity contribution >= 4 is 35.0 Å². The Morgan fingerprint density at radius 1 is 1.29 bits per heavy atom. The highest BCUT2D eigenvalue weighted by molar-refractivity contribution is 8.15. The summed E-state index contributed by atoms with van der Waals surface area (Å²) in [6, 6.07) is 10.3. The molecule has 0 atom stereocenters. The van der Waals surface area contributed by atoms with Crippen LogP contribution in [-0.4, -0.2) is 39.1 Å². The van der Waals surface area contributed by atoms with E-state index in [1.54, 1.807) is 6.21 Å². The number of amides is 1. The molecule has 1 amide bonds. The number of hydrogen-bond donors (Lipinski definition) is 2. The third-order valence-corrected chi connectivity index (χ3v) is 4.02. The number of rotatable bonds is 4. The van der Waals surface area contributed by atoms with E-state index in [-0.39, 0.29) is 11.5 Å². The largest absolute Gasteiger partial charge is 0.478 e. The highest BCUT2D eigenvalue weighted by Gasteiger charge is 2.15. The standard InChI is InChI=1S/C16H12N4O3S/c21-14-9-24-16(19-14)20-18-8-10-1-3-11(4-2-10)13-7-12(15(22)23)5-6-17-13/h1-8H,9H2,(H,22,23)(H,19,20,21). The van der Waals surface area contributed by atoms with E-state index in [4.69, 9.17) is 5.11 Å². The lowest BCUT2D eigenvalue weighted by atomic mass is 10.1. The molecule has 120 valence electrons. The number of amidine groups is 1. The van der Waals surface area contributed by atoms with Gasteiger partial charge in [0.25, 0.3) is 0 Å². The lowest BCUT2D eigenvalue weighted by Gasteiger charge is -2.02. The Morgan fingerprint density at radius 2 is 2.08 bits per heavy atom. The van der Waals surface area contributed by atoms with Crippen LogP contribution in [0.25, 0.3) is 11.3 Å². The smallest absolute Gasteiger partial charge is 0.335 e. The predicted molar refractivity (Wildman–Crippen MR) is 92.3 cm³/mol. The van der Waals surface area contributed by atoms with E-state index in [9.17, 15) is 9.59 Å². The van der Waals surface area contributed by atoms with Crippen LogP contribution in [-0.2, 0) is 4.79 Å². The van der Waals surface area contributed by atoms with Crippen LogP contribution in [0.5, 0.6) is 0 Å². The average molecular weight is 340 g/mol. The number of pyridine rings is 1. The number of carboxylic acid groups (broad SMARTS) is 1. The number of aromatic carboxylic acids is 1. The second-order valence-corrected chi connectivity index (χ2v) is 5.81. The molecule has 2 N–H and O–H groups in total. The fraction of sp³-hybridized carbons (Fsp3) is 0.0625. The van der Waals surface area contributed by atoms with E-state index < -0.39 is 5.97 Å². The molecule has 0 unspecified atom stereocenters. The molecule has 24 heavy (non-hydrogen) atoms. The molecule has 2 heterocycles. The van der Waals surface area contributed by atoms with E-state index in [1.807, 2.05) is 24.3 Å². The van der Waals surface area contributed by atoms with Crippen LogP contribution in [0.2, 0.25) is 0 Å².